The van der Waals surface area contributed by atoms with E-state index in [0.29, 0.717) is 6.54 Å². The fraction of sp³-hybridized carbons (Fsp3) is 1.00. The standard InChI is InChI=1S/C10H21F2N3O/c1-14-4-6-15(7-5-14)3-2-13-8-10(11,12)9-16/h13,16H,2-9H2,1H3. The lowest BCUT2D eigenvalue weighted by atomic mass is 10.3. The highest BCUT2D eigenvalue weighted by molar-refractivity contribution is 4.72. The molecule has 0 spiro atoms. The van der Waals surface area contributed by atoms with Crippen LogP contribution in [0.1, 0.15) is 0 Å². The predicted octanol–water partition coefficient (Wildman–Crippen LogP) is -0.549. The number of hydrogen-bond acceptors (Lipinski definition) is 4. The molecule has 0 aromatic rings. The van der Waals surface area contributed by atoms with Gasteiger partial charge in [0.2, 0.25) is 0 Å². The van der Waals surface area contributed by atoms with Crippen LogP contribution in [-0.2, 0) is 0 Å². The van der Waals surface area contributed by atoms with Crippen molar-refractivity contribution in [2.75, 3.05) is 59.5 Å². The summed E-state index contributed by atoms with van der Waals surface area (Å²) in [5.74, 6) is -3.00. The zero-order valence-electron chi connectivity index (χ0n) is 9.75. The largest absolute Gasteiger partial charge is 0.390 e. The first-order valence-corrected chi connectivity index (χ1v) is 5.64. The molecule has 0 radical (unpaired) electrons. The Balaban J connectivity index is 2.03. The number of aliphatic hydroxyl groups is 1. The van der Waals surface area contributed by atoms with Gasteiger partial charge in [-0.3, -0.25) is 4.90 Å². The summed E-state index contributed by atoms with van der Waals surface area (Å²) in [4.78, 5) is 4.51. The fourth-order valence-corrected chi connectivity index (χ4v) is 1.64. The maximum atomic E-state index is 12.6. The number of nitrogens with one attached hydrogen (secondary N) is 1. The Kier molecular flexibility index (Phi) is 5.54. The minimum Gasteiger partial charge on any atom is -0.390 e. The first kappa shape index (κ1) is 13.8. The molecule has 2 N–H and O–H groups in total. The Hall–Kier alpha value is -0.300. The topological polar surface area (TPSA) is 38.7 Å². The van der Waals surface area contributed by atoms with E-state index in [2.05, 4.69) is 22.2 Å². The summed E-state index contributed by atoms with van der Waals surface area (Å²) in [5.41, 5.74) is 0. The third kappa shape index (κ3) is 5.16. The zero-order valence-corrected chi connectivity index (χ0v) is 9.75. The Bertz CT molecular complexity index is 197. The molecule has 0 aliphatic carbocycles. The summed E-state index contributed by atoms with van der Waals surface area (Å²) in [7, 11) is 2.08. The van der Waals surface area contributed by atoms with Gasteiger partial charge in [-0.1, -0.05) is 0 Å². The third-order valence-electron chi connectivity index (χ3n) is 2.82. The monoisotopic (exact) mass is 237 g/mol. The number of nitrogens with zero attached hydrogens (tertiary/aromatic N) is 2. The molecule has 0 unspecified atom stereocenters. The molecule has 4 nitrogen and oxygen atoms in total. The average Bonchev–Trinajstić information content (AvgIpc) is 2.27. The summed E-state index contributed by atoms with van der Waals surface area (Å²) in [6, 6.07) is 0. The van der Waals surface area contributed by atoms with Crippen LogP contribution in [0.3, 0.4) is 0 Å². The lowest BCUT2D eigenvalue weighted by molar-refractivity contribution is -0.0477. The van der Waals surface area contributed by atoms with Crippen LogP contribution in [0.4, 0.5) is 8.78 Å². The highest BCUT2D eigenvalue weighted by atomic mass is 19.3. The van der Waals surface area contributed by atoms with Crippen LogP contribution in [0.15, 0.2) is 0 Å². The van der Waals surface area contributed by atoms with Crippen molar-refractivity contribution in [3.63, 3.8) is 0 Å². The Labute approximate surface area is 95.2 Å². The molecule has 1 aliphatic heterocycles. The Morgan fingerprint density at radius 2 is 1.88 bits per heavy atom. The molecule has 96 valence electrons. The van der Waals surface area contributed by atoms with Gasteiger partial charge in [0.05, 0.1) is 6.54 Å². The van der Waals surface area contributed by atoms with Gasteiger partial charge >= 0.3 is 0 Å². The molecule has 6 heteroatoms. The third-order valence-corrected chi connectivity index (χ3v) is 2.82. The summed E-state index contributed by atoms with van der Waals surface area (Å²) in [6.45, 7) is 3.85. The quantitative estimate of drug-likeness (QED) is 0.608. The first-order chi connectivity index (χ1) is 7.53. The molecule has 1 aliphatic rings. The summed E-state index contributed by atoms with van der Waals surface area (Å²) in [6.07, 6.45) is 0. The van der Waals surface area contributed by atoms with Gasteiger partial charge in [-0.15, -0.1) is 0 Å². The van der Waals surface area contributed by atoms with Crippen LogP contribution in [0.2, 0.25) is 0 Å². The fourth-order valence-electron chi connectivity index (χ4n) is 1.64. The molecule has 0 aromatic heterocycles. The van der Waals surface area contributed by atoms with Crippen molar-refractivity contribution >= 4 is 0 Å². The van der Waals surface area contributed by atoms with Crippen molar-refractivity contribution in [3.05, 3.63) is 0 Å². The normalized spacial score (nSPS) is 20.2. The number of aliphatic hydroxyl groups excluding tert-OH is 1. The number of halogens is 2. The Morgan fingerprint density at radius 3 is 2.44 bits per heavy atom. The van der Waals surface area contributed by atoms with E-state index in [0.717, 1.165) is 32.7 Å². The van der Waals surface area contributed by atoms with Crippen LogP contribution in [0.5, 0.6) is 0 Å². The van der Waals surface area contributed by atoms with Gasteiger partial charge < -0.3 is 15.3 Å². The molecule has 0 bridgehead atoms. The van der Waals surface area contributed by atoms with E-state index >= 15 is 0 Å². The van der Waals surface area contributed by atoms with Crippen molar-refractivity contribution in [1.82, 2.24) is 15.1 Å². The zero-order chi connectivity index (χ0) is 12.0. The van der Waals surface area contributed by atoms with Gasteiger partial charge in [0.15, 0.2) is 0 Å². The smallest absolute Gasteiger partial charge is 0.282 e. The molecule has 16 heavy (non-hydrogen) atoms. The van der Waals surface area contributed by atoms with Crippen LogP contribution in [0, 0.1) is 0 Å². The second-order valence-electron chi connectivity index (χ2n) is 4.34. The van der Waals surface area contributed by atoms with Crippen molar-refractivity contribution in [2.45, 2.75) is 5.92 Å². The first-order valence-electron chi connectivity index (χ1n) is 5.64. The number of rotatable bonds is 6. The summed E-state index contributed by atoms with van der Waals surface area (Å²) < 4.78 is 25.3. The number of hydrogen-bond donors (Lipinski definition) is 2. The molecule has 0 amide bonds. The van der Waals surface area contributed by atoms with Crippen LogP contribution < -0.4 is 5.32 Å². The number of likely N-dealkylation sites (N-methyl/N-ethyl adjacent to an activating group) is 1. The van der Waals surface area contributed by atoms with E-state index in [1.165, 1.54) is 0 Å². The average molecular weight is 237 g/mol. The van der Waals surface area contributed by atoms with Crippen molar-refractivity contribution in [3.8, 4) is 0 Å². The van der Waals surface area contributed by atoms with E-state index in [-0.39, 0.29) is 0 Å². The molecular formula is C10H21F2N3O. The van der Waals surface area contributed by atoms with Crippen LogP contribution in [-0.4, -0.2) is 80.3 Å². The van der Waals surface area contributed by atoms with E-state index in [1.807, 2.05) is 0 Å². The van der Waals surface area contributed by atoms with Gasteiger partial charge in [-0.05, 0) is 7.05 Å². The lowest BCUT2D eigenvalue weighted by Crippen LogP contribution is -2.47. The van der Waals surface area contributed by atoms with Gasteiger partial charge in [0, 0.05) is 39.3 Å². The molecule has 0 aromatic carbocycles. The number of piperazine rings is 1. The van der Waals surface area contributed by atoms with E-state index in [1.54, 1.807) is 0 Å². The van der Waals surface area contributed by atoms with Crippen LogP contribution in [0.25, 0.3) is 0 Å². The molecule has 1 heterocycles. The minimum atomic E-state index is -3.00. The second-order valence-corrected chi connectivity index (χ2v) is 4.34. The van der Waals surface area contributed by atoms with Gasteiger partial charge in [-0.25, -0.2) is 8.78 Å². The van der Waals surface area contributed by atoms with E-state index in [4.69, 9.17) is 5.11 Å². The molecule has 0 saturated carbocycles. The van der Waals surface area contributed by atoms with Gasteiger partial charge in [-0.2, -0.15) is 0 Å². The maximum Gasteiger partial charge on any atom is 0.282 e. The Morgan fingerprint density at radius 1 is 1.25 bits per heavy atom. The number of alkyl halides is 2. The van der Waals surface area contributed by atoms with Crippen molar-refractivity contribution in [1.29, 1.82) is 0 Å². The lowest BCUT2D eigenvalue weighted by Gasteiger charge is -2.32. The summed E-state index contributed by atoms with van der Waals surface area (Å²) >= 11 is 0. The van der Waals surface area contributed by atoms with Gasteiger partial charge in [0.25, 0.3) is 5.92 Å². The van der Waals surface area contributed by atoms with Crippen molar-refractivity contribution in [2.24, 2.45) is 0 Å². The predicted molar refractivity (Wildman–Crippen MR) is 58.8 cm³/mol. The SMILES string of the molecule is CN1CCN(CCNCC(F)(F)CO)CC1. The molecule has 1 saturated heterocycles. The summed E-state index contributed by atoms with van der Waals surface area (Å²) in [5, 5.41) is 11.0. The molecule has 1 rings (SSSR count). The highest BCUT2D eigenvalue weighted by Gasteiger charge is 2.26. The molecule has 1 fully saturated rings. The second kappa shape index (κ2) is 6.44. The van der Waals surface area contributed by atoms with E-state index in [9.17, 15) is 8.78 Å². The van der Waals surface area contributed by atoms with Crippen LogP contribution >= 0.6 is 0 Å². The van der Waals surface area contributed by atoms with E-state index < -0.39 is 19.1 Å². The van der Waals surface area contributed by atoms with Gasteiger partial charge in [0.1, 0.15) is 6.61 Å². The van der Waals surface area contributed by atoms with Crippen molar-refractivity contribution < 1.29 is 13.9 Å². The maximum absolute atomic E-state index is 12.6. The molecular weight excluding hydrogens is 216 g/mol. The molecule has 0 atom stereocenters. The minimum absolute atomic E-state index is 0.447. The highest BCUT2D eigenvalue weighted by Crippen LogP contribution is 2.09.